The first-order chi connectivity index (χ1) is 15.4. The van der Waals surface area contributed by atoms with Gasteiger partial charge < -0.3 is 9.32 Å². The van der Waals surface area contributed by atoms with E-state index in [2.05, 4.69) is 63.4 Å². The molecule has 1 aromatic heterocycles. The Kier molecular flexibility index (Phi) is 5.03. The molecule has 4 heterocycles. The molecule has 3 aliphatic heterocycles. The van der Waals surface area contributed by atoms with E-state index in [1.807, 2.05) is 11.3 Å². The highest BCUT2D eigenvalue weighted by atomic mass is 32.1. The zero-order valence-electron chi connectivity index (χ0n) is 18.0. The van der Waals surface area contributed by atoms with Gasteiger partial charge in [0.05, 0.1) is 6.07 Å². The molecule has 4 heteroatoms. The number of thiophene rings is 1. The lowest BCUT2D eigenvalue weighted by atomic mass is 9.97. The van der Waals surface area contributed by atoms with Gasteiger partial charge in [-0.1, -0.05) is 6.07 Å². The molecule has 2 fully saturated rings. The van der Waals surface area contributed by atoms with Crippen LogP contribution in [0.3, 0.4) is 0 Å². The molecule has 0 unspecified atom stereocenters. The molecular formula is C27H29N2OS+. The first-order valence-electron chi connectivity index (χ1n) is 11.7. The summed E-state index contributed by atoms with van der Waals surface area (Å²) < 4.78 is 9.11. The molecule has 0 atom stereocenters. The molecule has 6 rings (SSSR count). The van der Waals surface area contributed by atoms with Gasteiger partial charge in [0.2, 0.25) is 5.36 Å². The maximum Gasteiger partial charge on any atom is 0.203 e. The molecule has 0 N–H and O–H groups in total. The van der Waals surface area contributed by atoms with Crippen molar-refractivity contribution in [3.8, 4) is 21.8 Å². The van der Waals surface area contributed by atoms with Gasteiger partial charge >= 0.3 is 0 Å². The lowest BCUT2D eigenvalue weighted by Gasteiger charge is -2.29. The third kappa shape index (κ3) is 3.57. The van der Waals surface area contributed by atoms with Gasteiger partial charge in [-0.2, -0.15) is 0 Å². The van der Waals surface area contributed by atoms with E-state index < -0.39 is 0 Å². The molecule has 3 nitrogen and oxygen atoms in total. The Labute approximate surface area is 187 Å². The summed E-state index contributed by atoms with van der Waals surface area (Å²) in [5, 5.41) is 4.67. The molecule has 0 saturated carbocycles. The van der Waals surface area contributed by atoms with Crippen LogP contribution in [0.15, 0.2) is 58.3 Å². The minimum atomic E-state index is 0.995. The topological polar surface area (TPSA) is 19.4 Å². The molecule has 2 saturated heterocycles. The van der Waals surface area contributed by atoms with Gasteiger partial charge in [0.15, 0.2) is 0 Å². The number of rotatable bonds is 2. The van der Waals surface area contributed by atoms with Gasteiger partial charge in [0.25, 0.3) is 0 Å². The largest absolute Gasteiger partial charge is 0.456 e. The monoisotopic (exact) mass is 429 g/mol. The van der Waals surface area contributed by atoms with Crippen molar-refractivity contribution in [2.45, 2.75) is 38.5 Å². The van der Waals surface area contributed by atoms with E-state index in [0.29, 0.717) is 0 Å². The first-order valence-corrected chi connectivity index (χ1v) is 12.6. The predicted molar refractivity (Wildman–Crippen MR) is 131 cm³/mol. The van der Waals surface area contributed by atoms with Crippen LogP contribution in [0.1, 0.15) is 38.5 Å². The highest BCUT2D eigenvalue weighted by Gasteiger charge is 2.21. The van der Waals surface area contributed by atoms with Crippen molar-refractivity contribution in [1.82, 2.24) is 4.58 Å². The van der Waals surface area contributed by atoms with E-state index in [1.54, 1.807) is 0 Å². The van der Waals surface area contributed by atoms with Crippen molar-refractivity contribution in [3.63, 3.8) is 0 Å². The molecule has 158 valence electrons. The van der Waals surface area contributed by atoms with E-state index in [4.69, 9.17) is 4.42 Å². The smallest absolute Gasteiger partial charge is 0.203 e. The van der Waals surface area contributed by atoms with Crippen LogP contribution in [0.25, 0.3) is 32.7 Å². The molecule has 2 aromatic rings. The van der Waals surface area contributed by atoms with E-state index in [0.717, 1.165) is 37.5 Å². The van der Waals surface area contributed by atoms with Gasteiger partial charge in [-0.05, 0) is 55.3 Å². The minimum Gasteiger partial charge on any atom is -0.456 e. The summed E-state index contributed by atoms with van der Waals surface area (Å²) in [5.74, 6) is 0.995. The Morgan fingerprint density at radius 2 is 1.68 bits per heavy atom. The lowest BCUT2D eigenvalue weighted by Crippen LogP contribution is -2.34. The van der Waals surface area contributed by atoms with Crippen molar-refractivity contribution in [2.24, 2.45) is 0 Å². The van der Waals surface area contributed by atoms with Gasteiger partial charge in [0.1, 0.15) is 24.4 Å². The zero-order chi connectivity index (χ0) is 20.6. The fourth-order valence-corrected chi connectivity index (χ4v) is 6.05. The SMILES string of the molecule is c1csc(-c2c3ccc(=[N+]4CCCCC4)cc-3oc3cc(N4CCCCC4)ccc23)c1. The number of fused-ring (bicyclic) bond motifs is 2. The van der Waals surface area contributed by atoms with Gasteiger partial charge in [-0.3, -0.25) is 0 Å². The third-order valence-electron chi connectivity index (χ3n) is 6.90. The number of nitrogens with zero attached hydrogens (tertiary/aromatic N) is 2. The predicted octanol–water partition coefficient (Wildman–Crippen LogP) is 6.21. The molecule has 4 aliphatic rings. The number of hydrogen-bond acceptors (Lipinski definition) is 3. The van der Waals surface area contributed by atoms with Crippen LogP contribution in [0, 0.1) is 0 Å². The van der Waals surface area contributed by atoms with Crippen LogP contribution in [-0.4, -0.2) is 26.2 Å². The van der Waals surface area contributed by atoms with E-state index in [9.17, 15) is 0 Å². The fourth-order valence-electron chi connectivity index (χ4n) is 5.25. The van der Waals surface area contributed by atoms with E-state index in [1.165, 1.54) is 71.0 Å². The minimum absolute atomic E-state index is 0.995. The Hall–Kier alpha value is -2.59. The van der Waals surface area contributed by atoms with Crippen LogP contribution in [0.5, 0.6) is 0 Å². The number of hydrogen-bond donors (Lipinski definition) is 0. The maximum absolute atomic E-state index is 6.60. The first kappa shape index (κ1) is 19.1. The van der Waals surface area contributed by atoms with Crippen molar-refractivity contribution >= 4 is 28.0 Å². The molecule has 0 amide bonds. The highest BCUT2D eigenvalue weighted by Crippen LogP contribution is 2.42. The molecule has 31 heavy (non-hydrogen) atoms. The second-order valence-corrected chi connectivity index (χ2v) is 9.86. The standard InChI is InChI=1S/C27H29N2OS/c1-3-13-28(14-4-1)20-9-11-22-24(18-20)30-25-19-21(29-15-5-2-6-16-29)10-12-23(25)27(22)26-8-7-17-31-26/h7-12,17-19H,1-6,13-16H2/q+1. The Morgan fingerprint density at radius 1 is 0.839 bits per heavy atom. The summed E-state index contributed by atoms with van der Waals surface area (Å²) >= 11 is 1.81. The van der Waals surface area contributed by atoms with Crippen LogP contribution in [0.2, 0.25) is 0 Å². The highest BCUT2D eigenvalue weighted by molar-refractivity contribution is 7.13. The summed E-state index contributed by atoms with van der Waals surface area (Å²) in [5.41, 5.74) is 4.80. The summed E-state index contributed by atoms with van der Waals surface area (Å²) in [7, 11) is 0. The van der Waals surface area contributed by atoms with Crippen LogP contribution < -0.4 is 14.8 Å². The van der Waals surface area contributed by atoms with Crippen molar-refractivity contribution in [2.75, 3.05) is 31.1 Å². The van der Waals surface area contributed by atoms with Crippen LogP contribution >= 0.6 is 11.3 Å². The number of anilines is 1. The second kappa shape index (κ2) is 8.16. The van der Waals surface area contributed by atoms with Crippen molar-refractivity contribution in [1.29, 1.82) is 0 Å². The maximum atomic E-state index is 6.60. The summed E-state index contributed by atoms with van der Waals surface area (Å²) in [4.78, 5) is 3.82. The zero-order valence-corrected chi connectivity index (χ0v) is 18.8. The van der Waals surface area contributed by atoms with Gasteiger partial charge in [-0.15, -0.1) is 11.3 Å². The normalized spacial score (nSPS) is 17.5. The molecule has 1 aliphatic carbocycles. The average molecular weight is 430 g/mol. The van der Waals surface area contributed by atoms with Gasteiger partial charge in [0, 0.05) is 65.1 Å². The molecule has 0 radical (unpaired) electrons. The van der Waals surface area contributed by atoms with Crippen LogP contribution in [-0.2, 0) is 0 Å². The van der Waals surface area contributed by atoms with Crippen LogP contribution in [0.4, 0.5) is 5.69 Å². The van der Waals surface area contributed by atoms with E-state index in [-0.39, 0.29) is 0 Å². The third-order valence-corrected chi connectivity index (χ3v) is 7.79. The Balaban J connectivity index is 1.58. The number of benzene rings is 2. The molecule has 1 aromatic carbocycles. The Bertz CT molecular complexity index is 1240. The Morgan fingerprint density at radius 3 is 2.48 bits per heavy atom. The molecule has 0 spiro atoms. The lowest BCUT2D eigenvalue weighted by molar-refractivity contribution is 0.451. The fraction of sp³-hybridized carbons (Fsp3) is 0.370. The number of piperidine rings is 2. The van der Waals surface area contributed by atoms with Crippen molar-refractivity contribution in [3.05, 3.63) is 59.3 Å². The van der Waals surface area contributed by atoms with Gasteiger partial charge in [-0.25, -0.2) is 4.58 Å². The molecule has 0 bridgehead atoms. The summed E-state index contributed by atoms with van der Waals surface area (Å²) in [6.45, 7) is 4.60. The summed E-state index contributed by atoms with van der Waals surface area (Å²) in [6, 6.07) is 18.0. The second-order valence-electron chi connectivity index (χ2n) is 8.91. The quantitative estimate of drug-likeness (QED) is 0.279. The van der Waals surface area contributed by atoms with E-state index >= 15 is 0 Å². The molecular weight excluding hydrogens is 400 g/mol. The average Bonchev–Trinajstić information content (AvgIpc) is 3.37. The van der Waals surface area contributed by atoms with Crippen molar-refractivity contribution < 1.29 is 4.42 Å². The summed E-state index contributed by atoms with van der Waals surface area (Å²) in [6.07, 6.45) is 7.83.